The Morgan fingerprint density at radius 1 is 0.378 bits per heavy atom. The van der Waals surface area contributed by atoms with Crippen molar-refractivity contribution in [3.05, 3.63) is 0 Å². The predicted octanol–water partition coefficient (Wildman–Crippen LogP) is -2.96. The van der Waals surface area contributed by atoms with Gasteiger partial charge in [-0.2, -0.15) is 0 Å². The number of rotatable bonds is 63. The minimum Gasteiger partial charge on any atom is -0.481 e. The lowest BCUT2D eigenvalue weighted by atomic mass is 9.87. The first-order chi connectivity index (χ1) is 53.2. The lowest BCUT2D eigenvalue weighted by molar-refractivity contribution is -0.285. The Balaban J connectivity index is 1.54. The second-order valence-corrected chi connectivity index (χ2v) is 28.3. The van der Waals surface area contributed by atoms with E-state index in [4.69, 9.17) is 47.7 Å². The highest BCUT2D eigenvalue weighted by Gasteiger charge is 2.47. The van der Waals surface area contributed by atoms with Crippen LogP contribution in [0.4, 0.5) is 0 Å². The van der Waals surface area contributed by atoms with E-state index in [1.54, 1.807) is 0 Å². The molecule has 0 saturated carbocycles. The summed E-state index contributed by atoms with van der Waals surface area (Å²) in [5.74, 6) is -5.01. The van der Waals surface area contributed by atoms with Crippen LogP contribution in [0.1, 0.15) is 188 Å². The van der Waals surface area contributed by atoms with Crippen LogP contribution in [0.15, 0.2) is 0 Å². The number of aliphatic carboxylic acids is 1. The van der Waals surface area contributed by atoms with Gasteiger partial charge in [-0.05, 0) is 77.6 Å². The van der Waals surface area contributed by atoms with E-state index in [0.717, 1.165) is 38.5 Å². The van der Waals surface area contributed by atoms with Crippen LogP contribution < -0.4 is 47.9 Å². The molecule has 640 valence electrons. The SMILES string of the molecule is CC(=O)C[C@H]1[C@H](OCCCCC(=O)NCCCNC(=O)CCOCC(COCCC(=O)NCCCNC(=O)CCCCO[C@@H]2OC[C@H](O)[C@H](O)[C@H]2NC(C)=O)(COCCC(=O)NCCCNC(=O)CCCCO[C@@H]2O[C@H](CO)[C@H](O)[C@H](O)[C@H]2NC(C)=O)NC(=O)CCCCCCCCCCC(=O)O)O[C@H](CO)[C@H](O)[C@@H]1O. The minimum atomic E-state index is -1.46. The Morgan fingerprint density at radius 3 is 1.12 bits per heavy atom. The predicted molar refractivity (Wildman–Crippen MR) is 394 cm³/mol. The van der Waals surface area contributed by atoms with Crippen LogP contribution in [0, 0.1) is 5.92 Å². The smallest absolute Gasteiger partial charge is 0.303 e. The molecule has 0 radical (unpaired) electrons. The maximum Gasteiger partial charge on any atom is 0.303 e. The maximum absolute atomic E-state index is 13.9. The van der Waals surface area contributed by atoms with Crippen molar-refractivity contribution >= 4 is 64.9 Å². The fourth-order valence-electron chi connectivity index (χ4n) is 12.2. The van der Waals surface area contributed by atoms with Gasteiger partial charge < -0.3 is 141 Å². The van der Waals surface area contributed by atoms with Gasteiger partial charge >= 0.3 is 5.97 Å². The molecule has 18 N–H and O–H groups in total. The second kappa shape index (κ2) is 58.5. The van der Waals surface area contributed by atoms with E-state index >= 15 is 0 Å². The number of carboxylic acids is 1. The summed E-state index contributed by atoms with van der Waals surface area (Å²) in [6.07, 6.45) is -3.19. The Labute approximate surface area is 649 Å². The third kappa shape index (κ3) is 43.7. The number of aliphatic hydroxyl groups excluding tert-OH is 8. The Bertz CT molecular complexity index is 2610. The van der Waals surface area contributed by atoms with E-state index in [9.17, 15) is 93.6 Å². The lowest BCUT2D eigenvalue weighted by Gasteiger charge is -2.42. The van der Waals surface area contributed by atoms with Gasteiger partial charge in [0.2, 0.25) is 53.2 Å². The average molecular weight is 1600 g/mol. The molecule has 3 rings (SSSR count). The molecule has 0 spiro atoms. The summed E-state index contributed by atoms with van der Waals surface area (Å²) in [4.78, 5) is 137. The molecule has 0 aliphatic carbocycles. The number of carboxylic acid groups (broad SMARTS) is 1. The minimum absolute atomic E-state index is 0.0794. The topological polar surface area (TPSA) is 561 Å². The summed E-state index contributed by atoms with van der Waals surface area (Å²) in [5, 5.41) is 115. The van der Waals surface area contributed by atoms with Crippen LogP contribution in [0.25, 0.3) is 0 Å². The zero-order valence-electron chi connectivity index (χ0n) is 64.9. The quantitative estimate of drug-likeness (QED) is 0.0271. The molecule has 9 amide bonds. The number of amides is 9. The molecule has 0 aromatic carbocycles. The van der Waals surface area contributed by atoms with Crippen molar-refractivity contribution < 1.29 is 141 Å². The van der Waals surface area contributed by atoms with Gasteiger partial charge in [0.05, 0.1) is 65.6 Å². The summed E-state index contributed by atoms with van der Waals surface area (Å²) in [5.41, 5.74) is -1.41. The Morgan fingerprint density at radius 2 is 0.721 bits per heavy atom. The van der Waals surface area contributed by atoms with Gasteiger partial charge in [-0.15, -0.1) is 0 Å². The molecule has 0 bridgehead atoms. The first-order valence-electron chi connectivity index (χ1n) is 39.2. The second-order valence-electron chi connectivity index (χ2n) is 28.3. The molecule has 38 nitrogen and oxygen atoms in total. The average Bonchev–Trinajstić information content (AvgIpc) is 0.821. The number of Topliss-reactive ketones (excluding diaryl/α,β-unsaturated/α-hetero) is 1. The zero-order chi connectivity index (χ0) is 81.8. The molecule has 15 atom stereocenters. The fourth-order valence-corrected chi connectivity index (χ4v) is 12.2. The van der Waals surface area contributed by atoms with E-state index in [-0.39, 0.29) is 210 Å². The molecule has 3 aliphatic rings. The van der Waals surface area contributed by atoms with Gasteiger partial charge in [0.1, 0.15) is 66.1 Å². The van der Waals surface area contributed by atoms with Crippen molar-refractivity contribution in [2.45, 2.75) is 273 Å². The summed E-state index contributed by atoms with van der Waals surface area (Å²) < 4.78 is 52.1. The van der Waals surface area contributed by atoms with Gasteiger partial charge in [-0.25, -0.2) is 0 Å². The highest BCUT2D eigenvalue weighted by molar-refractivity contribution is 5.79. The normalized spacial score (nSPS) is 23.6. The molecule has 0 aromatic heterocycles. The summed E-state index contributed by atoms with van der Waals surface area (Å²) in [7, 11) is 0. The number of carbonyl (C=O) groups excluding carboxylic acids is 10. The number of hydrogen-bond donors (Lipinski definition) is 18. The van der Waals surface area contributed by atoms with Crippen LogP contribution in [0.5, 0.6) is 0 Å². The maximum atomic E-state index is 13.9. The molecule has 1 unspecified atom stereocenters. The number of ether oxygens (including phenoxy) is 9. The first-order valence-corrected chi connectivity index (χ1v) is 39.2. The van der Waals surface area contributed by atoms with Gasteiger partial charge in [-0.3, -0.25) is 47.9 Å². The monoisotopic (exact) mass is 1600 g/mol. The van der Waals surface area contributed by atoms with Crippen LogP contribution in [0.2, 0.25) is 0 Å². The fraction of sp³-hybridized carbons (Fsp3) is 0.849. The van der Waals surface area contributed by atoms with E-state index in [1.807, 2.05) is 0 Å². The lowest BCUT2D eigenvalue weighted by Crippen LogP contribution is -2.64. The van der Waals surface area contributed by atoms with Crippen molar-refractivity contribution in [1.29, 1.82) is 0 Å². The number of carbonyl (C=O) groups is 11. The van der Waals surface area contributed by atoms with Crippen LogP contribution in [-0.2, 0) is 95.4 Å². The largest absolute Gasteiger partial charge is 0.481 e. The van der Waals surface area contributed by atoms with Crippen LogP contribution >= 0.6 is 0 Å². The summed E-state index contributed by atoms with van der Waals surface area (Å²) in [6.45, 7) is 3.22. The van der Waals surface area contributed by atoms with Gasteiger partial charge in [0.25, 0.3) is 0 Å². The summed E-state index contributed by atoms with van der Waals surface area (Å²) >= 11 is 0. The molecule has 3 saturated heterocycles. The van der Waals surface area contributed by atoms with E-state index in [0.29, 0.717) is 70.6 Å². The van der Waals surface area contributed by atoms with Crippen molar-refractivity contribution in [1.82, 2.24) is 47.9 Å². The van der Waals surface area contributed by atoms with E-state index < -0.39 is 122 Å². The van der Waals surface area contributed by atoms with Gasteiger partial charge in [0, 0.05) is 137 Å². The molecule has 0 aromatic rings. The van der Waals surface area contributed by atoms with Gasteiger partial charge in [-0.1, -0.05) is 38.5 Å². The highest BCUT2D eigenvalue weighted by Crippen LogP contribution is 2.30. The molecular formula is C73H129N9O29. The molecule has 3 fully saturated rings. The number of nitrogens with one attached hydrogen (secondary N) is 9. The molecular weight excluding hydrogens is 1470 g/mol. The van der Waals surface area contributed by atoms with Crippen LogP contribution in [0.3, 0.4) is 0 Å². The van der Waals surface area contributed by atoms with Crippen molar-refractivity contribution in [3.8, 4) is 0 Å². The van der Waals surface area contributed by atoms with E-state index in [1.165, 1.54) is 20.8 Å². The number of ketones is 1. The summed E-state index contributed by atoms with van der Waals surface area (Å²) in [6, 6.07) is -2.06. The third-order valence-electron chi connectivity index (χ3n) is 18.4. The molecule has 111 heavy (non-hydrogen) atoms. The van der Waals surface area contributed by atoms with Crippen molar-refractivity contribution in [2.24, 2.45) is 5.92 Å². The van der Waals surface area contributed by atoms with Gasteiger partial charge in [0.15, 0.2) is 18.9 Å². The standard InChI is InChI=1S/C73H129N9O29/c1-48(85)41-51-65(98)67(100)53(42-83)110-70(51)106-35-15-12-21-55(89)74-29-18-32-77-58(92)26-38-103-45-73(82-61(95)24-10-8-6-4-5-7-9-11-25-62(96)97,46-104-39-27-59(93)78-33-19-30-75-56(90)22-13-16-36-107-71-63(80-49(2)86)66(99)52(88)44-109-71)47-105-40-28-60(94)79-34-20-31-76-57(91)23-14-17-37-108-72-64(81-50(3)87)69(102)68(101)54(43-84)111-72/h51-54,63-72,83-84,88,98-102H,4-47H2,1-3H3,(H,74,89)(H,75,90)(H,76,91)(H,77,92)(H,78,93)(H,79,94)(H,80,86)(H,81,87)(H,82,95)(H,96,97)/t51-,52+,53-,54-,63-,64-,65-,66+,67+,68+,69-,70-,71-,72-,73?/m1/s1. The third-order valence-corrected chi connectivity index (χ3v) is 18.4. The Kier molecular flexibility index (Phi) is 52.1. The first kappa shape index (κ1) is 98.9. The molecule has 38 heteroatoms. The van der Waals surface area contributed by atoms with Crippen molar-refractivity contribution in [3.63, 3.8) is 0 Å². The van der Waals surface area contributed by atoms with Crippen molar-refractivity contribution in [2.75, 3.05) is 119 Å². The number of hydrogen-bond acceptors (Lipinski definition) is 28. The van der Waals surface area contributed by atoms with E-state index in [2.05, 4.69) is 47.9 Å². The Hall–Kier alpha value is -6.31. The number of unbranched alkanes of at least 4 members (excludes halogenated alkanes) is 10. The zero-order valence-corrected chi connectivity index (χ0v) is 64.9. The van der Waals surface area contributed by atoms with Crippen LogP contribution in [-0.4, -0.2) is 315 Å². The molecule has 3 heterocycles. The number of aliphatic hydroxyl groups is 8. The highest BCUT2D eigenvalue weighted by atomic mass is 16.7. The molecule has 3 aliphatic heterocycles.